The number of nitrogens with zero attached hydrogens (tertiary/aromatic N) is 2. The Hall–Kier alpha value is -1.11. The third-order valence-electron chi connectivity index (χ3n) is 1.35. The smallest absolute Gasteiger partial charge is 0.351 e. The predicted molar refractivity (Wildman–Crippen MR) is 52.1 cm³/mol. The summed E-state index contributed by atoms with van der Waals surface area (Å²) >= 11 is -0.722. The van der Waals surface area contributed by atoms with E-state index in [1.807, 2.05) is 0 Å². The molecule has 1 N–H and O–H groups in total. The van der Waals surface area contributed by atoms with E-state index in [-0.39, 0.29) is 0 Å². The van der Waals surface area contributed by atoms with Gasteiger partial charge in [-0.2, -0.15) is 26.3 Å². The summed E-state index contributed by atoms with van der Waals surface area (Å²) in [6.07, 6.45) is -10.9. The Bertz CT molecular complexity index is 322. The van der Waals surface area contributed by atoms with E-state index >= 15 is 0 Å². The summed E-state index contributed by atoms with van der Waals surface area (Å²) in [5.74, 6) is -0.430. The number of halogens is 6. The van der Waals surface area contributed by atoms with Crippen LogP contribution in [0.2, 0.25) is 0 Å². The minimum absolute atomic E-state index is 0.430. The quantitative estimate of drug-likeness (QED) is 0.346. The first-order chi connectivity index (χ1) is 7.46. The lowest BCUT2D eigenvalue weighted by molar-refractivity contribution is -0.223. The van der Waals surface area contributed by atoms with Crippen molar-refractivity contribution in [3.05, 3.63) is 4.25 Å². The Kier molecular flexibility index (Phi) is 5.12. The highest BCUT2D eigenvalue weighted by Crippen LogP contribution is 2.42. The third-order valence-corrected chi connectivity index (χ3v) is 2.29. The second-order valence-corrected chi connectivity index (χ2v) is 3.88. The molecule has 0 aromatic rings. The van der Waals surface area contributed by atoms with Crippen molar-refractivity contribution in [1.82, 2.24) is 4.90 Å². The van der Waals surface area contributed by atoms with Crippen LogP contribution < -0.4 is 0 Å². The molecule has 17 heavy (non-hydrogen) atoms. The molecule has 0 saturated carbocycles. The normalized spacial score (nSPS) is 12.1. The van der Waals surface area contributed by atoms with Crippen LogP contribution in [0.4, 0.5) is 26.3 Å². The van der Waals surface area contributed by atoms with Gasteiger partial charge in [-0.1, -0.05) is 0 Å². The molecule has 0 atom stereocenters. The number of hydrogen-bond acceptors (Lipinski definition) is 2. The number of rotatable bonds is 1. The number of nitrogens with one attached hydrogen (secondary N) is 1. The van der Waals surface area contributed by atoms with E-state index in [2.05, 4.69) is 4.25 Å². The van der Waals surface area contributed by atoms with Gasteiger partial charge in [0.1, 0.15) is 0 Å². The minimum atomic E-state index is -5.45. The Morgan fingerprint density at radius 1 is 1.18 bits per heavy atom. The van der Waals surface area contributed by atoms with Crippen molar-refractivity contribution in [3.63, 3.8) is 0 Å². The van der Waals surface area contributed by atoms with Crippen molar-refractivity contribution in [3.8, 4) is 6.07 Å². The molecule has 0 bridgehead atoms. The molecule has 0 aromatic carbocycles. The molecule has 0 unspecified atom stereocenters. The SMILES string of the molecule is CN(C)C(=N)C#[N+]SC(C(F)(F)F)C(F)(F)F. The van der Waals surface area contributed by atoms with Crippen LogP contribution in [0.5, 0.6) is 0 Å². The van der Waals surface area contributed by atoms with Gasteiger partial charge >= 0.3 is 30.4 Å². The van der Waals surface area contributed by atoms with Crippen LogP contribution in [0, 0.1) is 11.5 Å². The summed E-state index contributed by atoms with van der Waals surface area (Å²) in [6.45, 7) is 0. The van der Waals surface area contributed by atoms with Crippen molar-refractivity contribution in [1.29, 1.82) is 5.41 Å². The largest absolute Gasteiger partial charge is 0.416 e. The average molecular weight is 280 g/mol. The zero-order valence-electron chi connectivity index (χ0n) is 8.65. The maximum atomic E-state index is 12.0. The van der Waals surface area contributed by atoms with Gasteiger partial charge in [0.05, 0.1) is 0 Å². The van der Waals surface area contributed by atoms with E-state index in [0.29, 0.717) is 0 Å². The Balaban J connectivity index is 4.76. The van der Waals surface area contributed by atoms with E-state index in [4.69, 9.17) is 5.41 Å². The summed E-state index contributed by atoms with van der Waals surface area (Å²) < 4.78 is 74.8. The lowest BCUT2D eigenvalue weighted by atomic mass is 10.4. The van der Waals surface area contributed by atoms with E-state index in [1.54, 1.807) is 6.07 Å². The van der Waals surface area contributed by atoms with Gasteiger partial charge in [0.15, 0.2) is 0 Å². The van der Waals surface area contributed by atoms with E-state index in [9.17, 15) is 26.3 Å². The summed E-state index contributed by atoms with van der Waals surface area (Å²) in [5, 5.41) is 3.43. The topological polar surface area (TPSA) is 31.5 Å². The Labute approximate surface area is 97.2 Å². The minimum Gasteiger partial charge on any atom is -0.351 e. The molecule has 0 rings (SSSR count). The Morgan fingerprint density at radius 3 is 1.88 bits per heavy atom. The molecule has 0 spiro atoms. The fourth-order valence-electron chi connectivity index (χ4n) is 0.527. The van der Waals surface area contributed by atoms with Gasteiger partial charge < -0.3 is 4.90 Å². The number of amidine groups is 1. The van der Waals surface area contributed by atoms with Crippen molar-refractivity contribution in [2.24, 2.45) is 0 Å². The van der Waals surface area contributed by atoms with Crippen molar-refractivity contribution >= 4 is 17.8 Å². The lowest BCUT2D eigenvalue weighted by Crippen LogP contribution is -2.38. The first kappa shape index (κ1) is 15.9. The first-order valence-electron chi connectivity index (χ1n) is 3.97. The van der Waals surface area contributed by atoms with Gasteiger partial charge in [0, 0.05) is 18.3 Å². The molecule has 10 heteroatoms. The van der Waals surface area contributed by atoms with Crippen LogP contribution in [0.1, 0.15) is 0 Å². The molecular formula is C7H8F6N3S+. The molecule has 0 aliphatic heterocycles. The molecule has 0 saturated heterocycles. The standard InChI is InChI=1S/C7H8F6N3S/c1-16(2)4(14)3-15-17-5(6(8,9)10)7(11,12)13/h5,14H,1-2H3/q+1. The second kappa shape index (κ2) is 5.48. The lowest BCUT2D eigenvalue weighted by Gasteiger charge is -2.14. The van der Waals surface area contributed by atoms with Crippen LogP contribution in [0.25, 0.3) is 4.25 Å². The summed E-state index contributed by atoms with van der Waals surface area (Å²) in [6, 6.07) is 1.75. The highest BCUT2D eigenvalue weighted by molar-refractivity contribution is 8.02. The summed E-state index contributed by atoms with van der Waals surface area (Å²) in [4.78, 5) is 1.13. The van der Waals surface area contributed by atoms with Crippen molar-refractivity contribution < 1.29 is 26.3 Å². The maximum Gasteiger partial charge on any atom is 0.416 e. The number of hydrogen-bond donors (Lipinski definition) is 1. The van der Waals surface area contributed by atoms with Crippen molar-refractivity contribution in [2.45, 2.75) is 17.6 Å². The summed E-state index contributed by atoms with van der Waals surface area (Å²) in [5.41, 5.74) is 0. The molecule has 98 valence electrons. The highest BCUT2D eigenvalue weighted by atomic mass is 32.2. The molecule has 0 radical (unpaired) electrons. The van der Waals surface area contributed by atoms with Crippen LogP contribution in [-0.2, 0) is 0 Å². The molecule has 0 aromatic heterocycles. The van der Waals surface area contributed by atoms with Gasteiger partial charge in [-0.15, -0.1) is 0 Å². The zero-order valence-corrected chi connectivity index (χ0v) is 9.46. The monoisotopic (exact) mass is 280 g/mol. The van der Waals surface area contributed by atoms with Crippen LogP contribution in [0.15, 0.2) is 0 Å². The van der Waals surface area contributed by atoms with Gasteiger partial charge in [0.2, 0.25) is 0 Å². The maximum absolute atomic E-state index is 12.0. The number of alkyl halides is 6. The predicted octanol–water partition coefficient (Wildman–Crippen LogP) is 3.00. The molecule has 0 aliphatic carbocycles. The fraction of sp³-hybridized carbons (Fsp3) is 0.714. The van der Waals surface area contributed by atoms with E-state index < -0.39 is 35.4 Å². The van der Waals surface area contributed by atoms with E-state index in [0.717, 1.165) is 4.90 Å². The second-order valence-electron chi connectivity index (χ2n) is 3.01. The molecule has 3 nitrogen and oxygen atoms in total. The molecule has 0 fully saturated rings. The zero-order chi connectivity index (χ0) is 13.9. The summed E-state index contributed by atoms with van der Waals surface area (Å²) in [7, 11) is 2.75. The molecule has 0 heterocycles. The van der Waals surface area contributed by atoms with E-state index in [1.165, 1.54) is 14.1 Å². The van der Waals surface area contributed by atoms with Gasteiger partial charge in [-0.25, -0.2) is 0 Å². The Morgan fingerprint density at radius 2 is 1.59 bits per heavy atom. The molecular weight excluding hydrogens is 272 g/mol. The molecule has 0 amide bonds. The average Bonchev–Trinajstić information content (AvgIpc) is 2.07. The first-order valence-corrected chi connectivity index (χ1v) is 4.81. The van der Waals surface area contributed by atoms with Crippen LogP contribution in [-0.4, -0.2) is 42.4 Å². The van der Waals surface area contributed by atoms with Crippen molar-refractivity contribution in [2.75, 3.05) is 14.1 Å². The third kappa shape index (κ3) is 5.67. The van der Waals surface area contributed by atoms with Gasteiger partial charge in [-0.05, 0) is 0 Å². The highest BCUT2D eigenvalue weighted by Gasteiger charge is 2.62. The van der Waals surface area contributed by atoms with Crippen LogP contribution >= 0.6 is 11.9 Å². The van der Waals surface area contributed by atoms with Crippen LogP contribution in [0.3, 0.4) is 0 Å². The fourth-order valence-corrected chi connectivity index (χ4v) is 1.01. The molecule has 0 aliphatic rings. The van der Waals surface area contributed by atoms with Gasteiger partial charge in [-0.3, -0.25) is 5.41 Å². The van der Waals surface area contributed by atoms with Gasteiger partial charge in [0.25, 0.3) is 11.1 Å².